The summed E-state index contributed by atoms with van der Waals surface area (Å²) in [7, 11) is 0. The minimum atomic E-state index is 0.182. The van der Waals surface area contributed by atoms with Gasteiger partial charge >= 0.3 is 0 Å². The van der Waals surface area contributed by atoms with Gasteiger partial charge in [-0.2, -0.15) is 0 Å². The van der Waals surface area contributed by atoms with E-state index < -0.39 is 0 Å². The summed E-state index contributed by atoms with van der Waals surface area (Å²) < 4.78 is 0. The van der Waals surface area contributed by atoms with Crippen LogP contribution in [0.2, 0.25) is 0 Å². The van der Waals surface area contributed by atoms with E-state index in [1.807, 2.05) is 63.3 Å². The maximum atomic E-state index is 10.7. The van der Waals surface area contributed by atoms with E-state index in [0.29, 0.717) is 0 Å². The Morgan fingerprint density at radius 1 is 1.17 bits per heavy atom. The number of anilines is 1. The lowest BCUT2D eigenvalue weighted by Crippen LogP contribution is -1.92. The Morgan fingerprint density at radius 2 is 1.72 bits per heavy atom. The zero-order valence-electron chi connectivity index (χ0n) is 11.7. The molecule has 2 heteroatoms. The Balaban J connectivity index is 0.000000289. The van der Waals surface area contributed by atoms with E-state index >= 15 is 0 Å². The minimum absolute atomic E-state index is 0.182. The van der Waals surface area contributed by atoms with Gasteiger partial charge in [-0.3, -0.25) is 4.79 Å². The van der Waals surface area contributed by atoms with E-state index in [-0.39, 0.29) is 5.78 Å². The van der Waals surface area contributed by atoms with Crippen LogP contribution in [0.4, 0.5) is 5.69 Å². The molecule has 0 unspecified atom stereocenters. The van der Waals surface area contributed by atoms with Gasteiger partial charge in [0.05, 0.1) is 0 Å². The maximum Gasteiger partial charge on any atom is 0.159 e. The fourth-order valence-electron chi connectivity index (χ4n) is 1.48. The summed E-state index contributed by atoms with van der Waals surface area (Å²) >= 11 is 0. The first kappa shape index (κ1) is 16.2. The van der Waals surface area contributed by atoms with Gasteiger partial charge in [0.15, 0.2) is 5.78 Å². The van der Waals surface area contributed by atoms with Gasteiger partial charge in [0.1, 0.15) is 0 Å². The van der Waals surface area contributed by atoms with Crippen molar-refractivity contribution in [2.24, 2.45) is 0 Å². The molecule has 0 bridgehead atoms. The molecule has 0 radical (unpaired) electrons. The molecule has 0 heterocycles. The number of para-hydroxylation sites is 1. The standard InChI is InChI=1S/C8H10O.C6H7N.C2H6/c1-6-4-3-5-8(6)7(2)9;7-6-4-2-1-3-5-6;1-2/h3,5H,4H2,1-2H3;1-5H,7H2;1-2H3. The highest BCUT2D eigenvalue weighted by atomic mass is 16.1. The molecule has 0 spiro atoms. The molecule has 1 aliphatic carbocycles. The fourth-order valence-corrected chi connectivity index (χ4v) is 1.48. The van der Waals surface area contributed by atoms with Crippen LogP contribution in [0.15, 0.2) is 53.6 Å². The van der Waals surface area contributed by atoms with Crippen molar-refractivity contribution in [2.75, 3.05) is 5.73 Å². The first-order chi connectivity index (χ1) is 8.61. The number of benzene rings is 1. The van der Waals surface area contributed by atoms with E-state index in [2.05, 4.69) is 0 Å². The monoisotopic (exact) mass is 245 g/mol. The molecule has 2 nitrogen and oxygen atoms in total. The normalized spacial score (nSPS) is 12.2. The second kappa shape index (κ2) is 9.23. The molecule has 0 aliphatic heterocycles. The summed E-state index contributed by atoms with van der Waals surface area (Å²) in [5.41, 5.74) is 8.27. The van der Waals surface area contributed by atoms with Gasteiger partial charge < -0.3 is 5.73 Å². The van der Waals surface area contributed by atoms with E-state index in [4.69, 9.17) is 5.73 Å². The predicted molar refractivity (Wildman–Crippen MR) is 79.3 cm³/mol. The number of Topliss-reactive ketones (excluding diaryl/α,β-unsaturated/α-hetero) is 1. The fraction of sp³-hybridized carbons (Fsp3) is 0.312. The smallest absolute Gasteiger partial charge is 0.159 e. The van der Waals surface area contributed by atoms with Crippen LogP contribution in [0.1, 0.15) is 34.1 Å². The average molecular weight is 245 g/mol. The second-order valence-corrected chi connectivity index (χ2v) is 3.77. The van der Waals surface area contributed by atoms with Gasteiger partial charge in [0.2, 0.25) is 0 Å². The van der Waals surface area contributed by atoms with Gasteiger partial charge in [-0.05, 0) is 32.4 Å². The lowest BCUT2D eigenvalue weighted by Gasteiger charge is -1.93. The van der Waals surface area contributed by atoms with E-state index in [1.54, 1.807) is 6.92 Å². The van der Waals surface area contributed by atoms with E-state index in [0.717, 1.165) is 17.7 Å². The first-order valence-electron chi connectivity index (χ1n) is 6.29. The predicted octanol–water partition coefficient (Wildman–Crippen LogP) is 4.15. The van der Waals surface area contributed by atoms with Crippen LogP contribution in [0.5, 0.6) is 0 Å². The zero-order valence-corrected chi connectivity index (χ0v) is 11.7. The SMILES string of the molecule is CC.CC(=O)C1=C(C)CC=C1.Nc1ccccc1. The molecular weight excluding hydrogens is 222 g/mol. The largest absolute Gasteiger partial charge is 0.399 e. The van der Waals surface area contributed by atoms with Crippen LogP contribution in [0.25, 0.3) is 0 Å². The number of hydrogen-bond acceptors (Lipinski definition) is 2. The van der Waals surface area contributed by atoms with Crippen LogP contribution >= 0.6 is 0 Å². The number of nitrogen functional groups attached to an aromatic ring is 1. The average Bonchev–Trinajstić information content (AvgIpc) is 2.80. The van der Waals surface area contributed by atoms with Crippen molar-refractivity contribution in [3.63, 3.8) is 0 Å². The van der Waals surface area contributed by atoms with Gasteiger partial charge in [0.25, 0.3) is 0 Å². The van der Waals surface area contributed by atoms with Crippen molar-refractivity contribution in [3.05, 3.63) is 53.6 Å². The molecule has 98 valence electrons. The van der Waals surface area contributed by atoms with E-state index in [1.165, 1.54) is 5.57 Å². The van der Waals surface area contributed by atoms with Gasteiger partial charge in [-0.1, -0.05) is 49.8 Å². The molecule has 0 fully saturated rings. The summed E-state index contributed by atoms with van der Waals surface area (Å²) in [4.78, 5) is 10.7. The molecule has 0 saturated carbocycles. The van der Waals surface area contributed by atoms with Crippen molar-refractivity contribution in [2.45, 2.75) is 34.1 Å². The molecule has 2 rings (SSSR count). The molecular formula is C16H23NO. The highest BCUT2D eigenvalue weighted by molar-refractivity contribution is 5.97. The molecule has 2 N–H and O–H groups in total. The van der Waals surface area contributed by atoms with Gasteiger partial charge in [-0.15, -0.1) is 0 Å². The maximum absolute atomic E-state index is 10.7. The van der Waals surface area contributed by atoms with E-state index in [9.17, 15) is 4.79 Å². The van der Waals surface area contributed by atoms with Crippen molar-refractivity contribution in [1.82, 2.24) is 0 Å². The minimum Gasteiger partial charge on any atom is -0.399 e. The molecule has 0 aromatic heterocycles. The second-order valence-electron chi connectivity index (χ2n) is 3.77. The summed E-state index contributed by atoms with van der Waals surface area (Å²) in [5, 5.41) is 0. The van der Waals surface area contributed by atoms with Crippen LogP contribution in [-0.4, -0.2) is 5.78 Å². The number of ketones is 1. The van der Waals surface area contributed by atoms with Crippen LogP contribution in [0.3, 0.4) is 0 Å². The third-order valence-electron chi connectivity index (χ3n) is 2.35. The summed E-state index contributed by atoms with van der Waals surface area (Å²) in [6, 6.07) is 9.49. The molecule has 0 saturated heterocycles. The van der Waals surface area contributed by atoms with Crippen molar-refractivity contribution in [3.8, 4) is 0 Å². The number of carbonyl (C=O) groups excluding carboxylic acids is 1. The van der Waals surface area contributed by atoms with Crippen LogP contribution in [-0.2, 0) is 4.79 Å². The number of carbonyl (C=O) groups is 1. The van der Waals surface area contributed by atoms with Crippen molar-refractivity contribution < 1.29 is 4.79 Å². The molecule has 18 heavy (non-hydrogen) atoms. The molecule has 1 aromatic rings. The Morgan fingerprint density at radius 3 is 1.94 bits per heavy atom. The van der Waals surface area contributed by atoms with Crippen molar-refractivity contribution in [1.29, 1.82) is 0 Å². The van der Waals surface area contributed by atoms with Crippen LogP contribution < -0.4 is 5.73 Å². The quantitative estimate of drug-likeness (QED) is 0.755. The Labute approximate surface area is 110 Å². The number of rotatable bonds is 1. The highest BCUT2D eigenvalue weighted by Gasteiger charge is 2.07. The summed E-state index contributed by atoms with van der Waals surface area (Å²) in [6.07, 6.45) is 4.87. The molecule has 1 aliphatic rings. The summed E-state index contributed by atoms with van der Waals surface area (Å²) in [5.74, 6) is 0.182. The Hall–Kier alpha value is -1.83. The Bertz CT molecular complexity index is 416. The third kappa shape index (κ3) is 6.04. The zero-order chi connectivity index (χ0) is 14.0. The summed E-state index contributed by atoms with van der Waals surface area (Å²) in [6.45, 7) is 7.60. The topological polar surface area (TPSA) is 43.1 Å². The lowest BCUT2D eigenvalue weighted by atomic mass is 10.1. The first-order valence-corrected chi connectivity index (χ1v) is 6.29. The van der Waals surface area contributed by atoms with Crippen LogP contribution in [0, 0.1) is 0 Å². The molecule has 1 aromatic carbocycles. The number of hydrogen-bond donors (Lipinski definition) is 1. The third-order valence-corrected chi connectivity index (χ3v) is 2.35. The van der Waals surface area contributed by atoms with Crippen molar-refractivity contribution >= 4 is 11.5 Å². The molecule has 0 atom stereocenters. The number of nitrogens with two attached hydrogens (primary N) is 1. The van der Waals surface area contributed by atoms with Gasteiger partial charge in [-0.25, -0.2) is 0 Å². The number of allylic oxidation sites excluding steroid dienone is 4. The molecule has 0 amide bonds. The highest BCUT2D eigenvalue weighted by Crippen LogP contribution is 2.18. The Kier molecular flexibility index (Phi) is 8.29. The lowest BCUT2D eigenvalue weighted by molar-refractivity contribution is -0.113. The van der Waals surface area contributed by atoms with Gasteiger partial charge in [0, 0.05) is 11.3 Å².